The number of halogens is 4. The molecule has 0 radical (unpaired) electrons. The van der Waals surface area contributed by atoms with Crippen LogP contribution in [0.25, 0.3) is 16.8 Å². The first-order valence-electron chi connectivity index (χ1n) is 11.6. The summed E-state index contributed by atoms with van der Waals surface area (Å²) in [5, 5.41) is 6.34. The Labute approximate surface area is 214 Å². The van der Waals surface area contributed by atoms with Crippen LogP contribution in [0, 0.1) is 0 Å². The summed E-state index contributed by atoms with van der Waals surface area (Å²) in [7, 11) is 0. The molecule has 202 valence electrons. The fourth-order valence-corrected chi connectivity index (χ4v) is 4.66. The number of nitrogens with two attached hydrogens (primary N) is 1. The van der Waals surface area contributed by atoms with Gasteiger partial charge >= 0.3 is 6.18 Å². The van der Waals surface area contributed by atoms with Crippen LogP contribution in [0.15, 0.2) is 30.6 Å². The Hall–Kier alpha value is -4.23. The molecule has 0 bridgehead atoms. The van der Waals surface area contributed by atoms with Crippen LogP contribution in [0.4, 0.5) is 29.1 Å². The normalized spacial score (nSPS) is 15.7. The van der Waals surface area contributed by atoms with Gasteiger partial charge in [-0.15, -0.1) is 0 Å². The first-order valence-corrected chi connectivity index (χ1v) is 11.6. The summed E-state index contributed by atoms with van der Waals surface area (Å²) in [5.74, 6) is -1.86. The van der Waals surface area contributed by atoms with Crippen molar-refractivity contribution in [3.05, 3.63) is 41.7 Å². The summed E-state index contributed by atoms with van der Waals surface area (Å²) in [6, 6.07) is 4.99. The molecule has 14 heteroatoms. The molecule has 1 aromatic carbocycles. The number of anilines is 2. The number of nitrogens with zero attached hydrogens (tertiary/aromatic N) is 5. The van der Waals surface area contributed by atoms with Gasteiger partial charge in [-0.1, -0.05) is 6.07 Å². The van der Waals surface area contributed by atoms with E-state index in [9.17, 15) is 31.9 Å². The molecule has 4 rings (SSSR count). The Morgan fingerprint density at radius 1 is 1.18 bits per heavy atom. The molecule has 0 unspecified atom stereocenters. The number of piperazine rings is 1. The number of fused-ring (bicyclic) bond motifs is 1. The van der Waals surface area contributed by atoms with Gasteiger partial charge in [0.05, 0.1) is 22.5 Å². The number of amides is 3. The van der Waals surface area contributed by atoms with Crippen LogP contribution in [0.2, 0.25) is 0 Å². The molecule has 1 aliphatic heterocycles. The maximum atomic E-state index is 13.8. The fourth-order valence-electron chi connectivity index (χ4n) is 4.66. The molecule has 0 spiro atoms. The molecule has 0 aliphatic carbocycles. The van der Waals surface area contributed by atoms with Crippen molar-refractivity contribution in [2.45, 2.75) is 32.5 Å². The Balaban J connectivity index is 1.91. The number of rotatable bonds is 5. The SMILES string of the molecule is CC(=O)N1CCN(c2cc(-c3cc(C(F)(F)F)c4c(N)ncnn34)ccc2C(=O)NCCF)C(=O)C1(C)C. The van der Waals surface area contributed by atoms with Gasteiger partial charge in [0.15, 0.2) is 5.82 Å². The van der Waals surface area contributed by atoms with Crippen LogP contribution in [-0.2, 0) is 15.8 Å². The van der Waals surface area contributed by atoms with Crippen LogP contribution >= 0.6 is 0 Å². The largest absolute Gasteiger partial charge is 0.418 e. The molecule has 3 amide bonds. The highest BCUT2D eigenvalue weighted by Crippen LogP contribution is 2.40. The maximum Gasteiger partial charge on any atom is 0.418 e. The van der Waals surface area contributed by atoms with Crippen molar-refractivity contribution >= 4 is 34.7 Å². The lowest BCUT2D eigenvalue weighted by molar-refractivity contribution is -0.145. The van der Waals surface area contributed by atoms with Crippen LogP contribution in [-0.4, -0.2) is 69.1 Å². The van der Waals surface area contributed by atoms with Crippen LogP contribution in [0.5, 0.6) is 0 Å². The van der Waals surface area contributed by atoms with Gasteiger partial charge in [0.1, 0.15) is 24.1 Å². The molecule has 10 nitrogen and oxygen atoms in total. The first kappa shape index (κ1) is 26.8. The van der Waals surface area contributed by atoms with Crippen molar-refractivity contribution in [2.75, 3.05) is 36.9 Å². The summed E-state index contributed by atoms with van der Waals surface area (Å²) >= 11 is 0. The van der Waals surface area contributed by atoms with Gasteiger partial charge < -0.3 is 20.9 Å². The summed E-state index contributed by atoms with van der Waals surface area (Å²) in [5.41, 5.74) is 3.28. The summed E-state index contributed by atoms with van der Waals surface area (Å²) in [6.07, 6.45) is -3.75. The zero-order chi connectivity index (χ0) is 28.0. The second-order valence-electron chi connectivity index (χ2n) is 9.21. The molecule has 1 aliphatic rings. The number of alkyl halides is 4. The number of hydrogen-bond acceptors (Lipinski definition) is 6. The minimum absolute atomic E-state index is 0.00697. The second kappa shape index (κ2) is 9.58. The Bertz CT molecular complexity index is 1430. The number of hydrogen-bond donors (Lipinski definition) is 2. The molecule has 3 aromatic rings. The topological polar surface area (TPSA) is 126 Å². The highest BCUT2D eigenvalue weighted by molar-refractivity contribution is 6.09. The zero-order valence-corrected chi connectivity index (χ0v) is 20.8. The average molecular weight is 536 g/mol. The van der Waals surface area contributed by atoms with Gasteiger partial charge in [-0.2, -0.15) is 18.3 Å². The lowest BCUT2D eigenvalue weighted by Crippen LogP contribution is -2.64. The van der Waals surface area contributed by atoms with Crippen molar-refractivity contribution < 1.29 is 31.9 Å². The third-order valence-electron chi connectivity index (χ3n) is 6.47. The number of benzene rings is 1. The Morgan fingerprint density at radius 2 is 1.89 bits per heavy atom. The van der Waals surface area contributed by atoms with E-state index in [4.69, 9.17) is 5.73 Å². The van der Waals surface area contributed by atoms with E-state index in [0.29, 0.717) is 0 Å². The van der Waals surface area contributed by atoms with E-state index in [0.717, 1.165) is 16.9 Å². The smallest absolute Gasteiger partial charge is 0.382 e. The van der Waals surface area contributed by atoms with E-state index < -0.39 is 41.3 Å². The van der Waals surface area contributed by atoms with Crippen molar-refractivity contribution in [3.63, 3.8) is 0 Å². The highest BCUT2D eigenvalue weighted by Gasteiger charge is 2.44. The number of nitrogen functional groups attached to an aromatic ring is 1. The van der Waals surface area contributed by atoms with Crippen molar-refractivity contribution in [1.29, 1.82) is 0 Å². The number of carbonyl (C=O) groups is 3. The minimum Gasteiger partial charge on any atom is -0.382 e. The van der Waals surface area contributed by atoms with Crippen LogP contribution in [0.3, 0.4) is 0 Å². The molecule has 1 fully saturated rings. The average Bonchev–Trinajstić information content (AvgIpc) is 3.25. The lowest BCUT2D eigenvalue weighted by atomic mass is 9.95. The van der Waals surface area contributed by atoms with E-state index in [1.807, 2.05) is 0 Å². The molecule has 2 aromatic heterocycles. The molecule has 0 atom stereocenters. The van der Waals surface area contributed by atoms with Crippen molar-refractivity contribution in [3.8, 4) is 11.3 Å². The third-order valence-corrected chi connectivity index (χ3v) is 6.47. The number of nitrogens with one attached hydrogen (secondary N) is 1. The van der Waals surface area contributed by atoms with Crippen LogP contribution < -0.4 is 16.0 Å². The van der Waals surface area contributed by atoms with Gasteiger partial charge in [0.25, 0.3) is 11.8 Å². The fraction of sp³-hybridized carbons (Fsp3) is 0.375. The van der Waals surface area contributed by atoms with Gasteiger partial charge in [0.2, 0.25) is 5.91 Å². The van der Waals surface area contributed by atoms with Crippen molar-refractivity contribution in [1.82, 2.24) is 24.8 Å². The summed E-state index contributed by atoms with van der Waals surface area (Å²) in [6.45, 7) is 3.54. The van der Waals surface area contributed by atoms with Gasteiger partial charge in [-0.3, -0.25) is 14.4 Å². The molecule has 1 saturated heterocycles. The van der Waals surface area contributed by atoms with Gasteiger partial charge in [0, 0.05) is 32.1 Å². The van der Waals surface area contributed by atoms with E-state index in [-0.39, 0.29) is 53.9 Å². The lowest BCUT2D eigenvalue weighted by Gasteiger charge is -2.45. The predicted octanol–water partition coefficient (Wildman–Crippen LogP) is 2.67. The maximum absolute atomic E-state index is 13.8. The number of aromatic nitrogens is 3. The summed E-state index contributed by atoms with van der Waals surface area (Å²) in [4.78, 5) is 44.9. The molecule has 3 heterocycles. The zero-order valence-electron chi connectivity index (χ0n) is 20.8. The molecule has 3 N–H and O–H groups in total. The predicted molar refractivity (Wildman–Crippen MR) is 130 cm³/mol. The minimum atomic E-state index is -4.76. The van der Waals surface area contributed by atoms with Crippen molar-refractivity contribution in [2.24, 2.45) is 0 Å². The van der Waals surface area contributed by atoms with Gasteiger partial charge in [-0.05, 0) is 32.0 Å². The van der Waals surface area contributed by atoms with E-state index in [2.05, 4.69) is 15.4 Å². The standard InChI is InChI=1S/C24H25F4N7O3/c1-13(36)34-9-8-33(22(38)23(34,2)3)18-10-14(4-5-15(18)21(37)30-7-6-25)17-11-16(24(26,27)28)19-20(29)31-12-32-35(17)19/h4-5,10-12H,6-9H2,1-3H3,(H,30,37)(H2,29,31,32). The third kappa shape index (κ3) is 4.50. The quantitative estimate of drug-likeness (QED) is 0.484. The van der Waals surface area contributed by atoms with E-state index in [1.165, 1.54) is 34.9 Å². The van der Waals surface area contributed by atoms with Gasteiger partial charge in [-0.25, -0.2) is 13.9 Å². The number of carbonyl (C=O) groups excluding carboxylic acids is 3. The first-order chi connectivity index (χ1) is 17.8. The Morgan fingerprint density at radius 3 is 2.53 bits per heavy atom. The summed E-state index contributed by atoms with van der Waals surface area (Å²) < 4.78 is 55.2. The van der Waals surface area contributed by atoms with E-state index >= 15 is 0 Å². The molecule has 38 heavy (non-hydrogen) atoms. The molecular weight excluding hydrogens is 510 g/mol. The second-order valence-corrected chi connectivity index (χ2v) is 9.21. The Kier molecular flexibility index (Phi) is 6.76. The molecule has 0 saturated carbocycles. The molecular formula is C24H25F4N7O3. The van der Waals surface area contributed by atoms with E-state index in [1.54, 1.807) is 13.8 Å². The van der Waals surface area contributed by atoms with Crippen LogP contribution in [0.1, 0.15) is 36.7 Å². The highest BCUT2D eigenvalue weighted by atomic mass is 19.4. The monoisotopic (exact) mass is 535 g/mol.